The summed E-state index contributed by atoms with van der Waals surface area (Å²) >= 11 is 0. The molecule has 0 fully saturated rings. The zero-order valence-electron chi connectivity index (χ0n) is 13.0. The van der Waals surface area contributed by atoms with Gasteiger partial charge in [0.2, 0.25) is 0 Å². The molecule has 0 saturated heterocycles. The normalized spacial score (nSPS) is 11.5. The minimum Gasteiger partial charge on any atom is -0.280 e. The summed E-state index contributed by atoms with van der Waals surface area (Å²) in [5, 5.41) is 1.17. The molecule has 4 heteroatoms. The van der Waals surface area contributed by atoms with Crippen molar-refractivity contribution in [2.24, 2.45) is 0 Å². The Morgan fingerprint density at radius 2 is 1.21 bits per heavy atom. The first kappa shape index (κ1) is 16.0. The zero-order chi connectivity index (χ0) is 16.8. The molecule has 0 unspecified atom stereocenters. The molecular formula is C20H17NO2S. The Morgan fingerprint density at radius 3 is 1.83 bits per heavy atom. The van der Waals surface area contributed by atoms with E-state index in [2.05, 4.69) is 4.72 Å². The van der Waals surface area contributed by atoms with E-state index in [1.54, 1.807) is 18.2 Å². The molecule has 1 N–H and O–H groups in total. The summed E-state index contributed by atoms with van der Waals surface area (Å²) in [5.41, 5.74) is 3.50. The smallest absolute Gasteiger partial charge is 0.255 e. The van der Waals surface area contributed by atoms with Gasteiger partial charge < -0.3 is 0 Å². The number of benzene rings is 3. The quantitative estimate of drug-likeness (QED) is 0.730. The molecule has 3 aromatic carbocycles. The third kappa shape index (κ3) is 4.33. The standard InChI is InChI=1S/C20H17NO2S/c22-24(23,16-15-17-7-3-1-4-8-17)21-20-13-11-19(12-14-20)18-9-5-2-6-10-18/h1-16,21H/b16-15+. The number of rotatable bonds is 5. The Hall–Kier alpha value is -2.85. The van der Waals surface area contributed by atoms with Gasteiger partial charge in [-0.05, 0) is 34.9 Å². The van der Waals surface area contributed by atoms with Gasteiger partial charge in [0.25, 0.3) is 10.0 Å². The SMILES string of the molecule is O=S(=O)(/C=C/c1ccccc1)Nc1ccc(-c2ccccc2)cc1. The van der Waals surface area contributed by atoms with Crippen molar-refractivity contribution < 1.29 is 8.42 Å². The maximum absolute atomic E-state index is 12.1. The molecule has 0 atom stereocenters. The fourth-order valence-corrected chi connectivity index (χ4v) is 3.16. The van der Waals surface area contributed by atoms with Crippen LogP contribution in [0.2, 0.25) is 0 Å². The van der Waals surface area contributed by atoms with Crippen LogP contribution in [0.1, 0.15) is 5.56 Å². The van der Waals surface area contributed by atoms with Crippen LogP contribution in [0.3, 0.4) is 0 Å². The van der Waals surface area contributed by atoms with Crippen molar-refractivity contribution in [2.45, 2.75) is 0 Å². The van der Waals surface area contributed by atoms with Crippen LogP contribution in [0, 0.1) is 0 Å². The van der Waals surface area contributed by atoms with E-state index in [4.69, 9.17) is 0 Å². The molecule has 3 nitrogen and oxygen atoms in total. The average Bonchev–Trinajstić information content (AvgIpc) is 2.62. The van der Waals surface area contributed by atoms with Crippen molar-refractivity contribution in [1.29, 1.82) is 0 Å². The lowest BCUT2D eigenvalue weighted by atomic mass is 10.1. The topological polar surface area (TPSA) is 46.2 Å². The predicted molar refractivity (Wildman–Crippen MR) is 99.9 cm³/mol. The number of nitrogens with one attached hydrogen (secondary N) is 1. The lowest BCUT2D eigenvalue weighted by Gasteiger charge is -2.06. The molecule has 0 radical (unpaired) electrons. The second-order valence-electron chi connectivity index (χ2n) is 5.30. The summed E-state index contributed by atoms with van der Waals surface area (Å²) in [5.74, 6) is 0. The molecule has 0 aliphatic heterocycles. The second-order valence-corrected chi connectivity index (χ2v) is 6.87. The van der Waals surface area contributed by atoms with Crippen LogP contribution in [0.5, 0.6) is 0 Å². The molecule has 120 valence electrons. The number of hydrogen-bond donors (Lipinski definition) is 1. The number of anilines is 1. The monoisotopic (exact) mass is 335 g/mol. The van der Waals surface area contributed by atoms with E-state index >= 15 is 0 Å². The molecule has 0 amide bonds. The summed E-state index contributed by atoms with van der Waals surface area (Å²) in [7, 11) is -3.54. The van der Waals surface area contributed by atoms with Crippen LogP contribution >= 0.6 is 0 Å². The van der Waals surface area contributed by atoms with Gasteiger partial charge in [0.1, 0.15) is 0 Å². The number of sulfonamides is 1. The van der Waals surface area contributed by atoms with Gasteiger partial charge in [0.05, 0.1) is 5.41 Å². The lowest BCUT2D eigenvalue weighted by molar-refractivity contribution is 0.609. The molecule has 3 aromatic rings. The van der Waals surface area contributed by atoms with Gasteiger partial charge in [-0.15, -0.1) is 0 Å². The lowest BCUT2D eigenvalue weighted by Crippen LogP contribution is -2.08. The van der Waals surface area contributed by atoms with E-state index in [9.17, 15) is 8.42 Å². The van der Waals surface area contributed by atoms with Crippen molar-refractivity contribution in [3.63, 3.8) is 0 Å². The highest BCUT2D eigenvalue weighted by atomic mass is 32.2. The molecule has 0 spiro atoms. The highest BCUT2D eigenvalue weighted by Crippen LogP contribution is 2.21. The third-order valence-electron chi connectivity index (χ3n) is 3.49. The molecule has 0 heterocycles. The fourth-order valence-electron chi connectivity index (χ4n) is 2.29. The van der Waals surface area contributed by atoms with Crippen LogP contribution in [0.4, 0.5) is 5.69 Å². The highest BCUT2D eigenvalue weighted by molar-refractivity contribution is 7.95. The van der Waals surface area contributed by atoms with Gasteiger partial charge in [0.15, 0.2) is 0 Å². The van der Waals surface area contributed by atoms with Crippen LogP contribution in [0.25, 0.3) is 17.2 Å². The first-order valence-electron chi connectivity index (χ1n) is 7.54. The van der Waals surface area contributed by atoms with Crippen molar-refractivity contribution in [3.05, 3.63) is 95.9 Å². The van der Waals surface area contributed by atoms with Crippen LogP contribution < -0.4 is 4.72 Å². The molecular weight excluding hydrogens is 318 g/mol. The van der Waals surface area contributed by atoms with Gasteiger partial charge >= 0.3 is 0 Å². The summed E-state index contributed by atoms with van der Waals surface area (Å²) in [6.45, 7) is 0. The Morgan fingerprint density at radius 1 is 0.667 bits per heavy atom. The largest absolute Gasteiger partial charge is 0.280 e. The maximum Gasteiger partial charge on any atom is 0.255 e. The van der Waals surface area contributed by atoms with E-state index in [-0.39, 0.29) is 0 Å². The second kappa shape index (κ2) is 7.15. The minimum atomic E-state index is -3.54. The molecule has 0 saturated carbocycles. The maximum atomic E-state index is 12.1. The molecule has 0 bridgehead atoms. The molecule has 0 aliphatic carbocycles. The van der Waals surface area contributed by atoms with Gasteiger partial charge in [-0.3, -0.25) is 4.72 Å². The third-order valence-corrected chi connectivity index (χ3v) is 4.51. The fraction of sp³-hybridized carbons (Fsp3) is 0. The molecule has 0 aliphatic rings. The van der Waals surface area contributed by atoms with Crippen LogP contribution in [-0.4, -0.2) is 8.42 Å². The van der Waals surface area contributed by atoms with Crippen molar-refractivity contribution in [1.82, 2.24) is 0 Å². The zero-order valence-corrected chi connectivity index (χ0v) is 13.8. The van der Waals surface area contributed by atoms with Crippen molar-refractivity contribution in [2.75, 3.05) is 4.72 Å². The summed E-state index contributed by atoms with van der Waals surface area (Å²) in [6.07, 6.45) is 1.57. The Bertz CT molecular complexity index is 916. The van der Waals surface area contributed by atoms with E-state index in [1.807, 2.05) is 72.8 Å². The van der Waals surface area contributed by atoms with Gasteiger partial charge in [-0.25, -0.2) is 8.42 Å². The van der Waals surface area contributed by atoms with E-state index < -0.39 is 10.0 Å². The minimum absolute atomic E-state index is 0.535. The van der Waals surface area contributed by atoms with Crippen molar-refractivity contribution >= 4 is 21.8 Å². The van der Waals surface area contributed by atoms with Crippen LogP contribution in [0.15, 0.2) is 90.3 Å². The van der Waals surface area contributed by atoms with Gasteiger partial charge in [0, 0.05) is 5.69 Å². The van der Waals surface area contributed by atoms with E-state index in [1.165, 1.54) is 5.41 Å². The summed E-state index contributed by atoms with van der Waals surface area (Å²) in [6, 6.07) is 26.6. The average molecular weight is 335 g/mol. The molecule has 0 aromatic heterocycles. The predicted octanol–water partition coefficient (Wildman–Crippen LogP) is 4.77. The summed E-state index contributed by atoms with van der Waals surface area (Å²) in [4.78, 5) is 0. The first-order valence-corrected chi connectivity index (χ1v) is 9.08. The van der Waals surface area contributed by atoms with Gasteiger partial charge in [-0.1, -0.05) is 72.8 Å². The first-order chi connectivity index (χ1) is 11.6. The van der Waals surface area contributed by atoms with Gasteiger partial charge in [-0.2, -0.15) is 0 Å². The Balaban J connectivity index is 1.72. The van der Waals surface area contributed by atoms with E-state index in [0.29, 0.717) is 5.69 Å². The Labute approximate surface area is 142 Å². The summed E-state index contributed by atoms with van der Waals surface area (Å²) < 4.78 is 26.8. The van der Waals surface area contributed by atoms with Crippen LogP contribution in [-0.2, 0) is 10.0 Å². The Kier molecular flexibility index (Phi) is 4.77. The van der Waals surface area contributed by atoms with E-state index in [0.717, 1.165) is 16.7 Å². The molecule has 24 heavy (non-hydrogen) atoms. The van der Waals surface area contributed by atoms with Crippen molar-refractivity contribution in [3.8, 4) is 11.1 Å². The number of hydrogen-bond acceptors (Lipinski definition) is 2. The molecule has 3 rings (SSSR count). The highest BCUT2D eigenvalue weighted by Gasteiger charge is 2.06.